The van der Waals surface area contributed by atoms with E-state index < -0.39 is 0 Å². The van der Waals surface area contributed by atoms with E-state index in [4.69, 9.17) is 15.6 Å². The van der Waals surface area contributed by atoms with Gasteiger partial charge in [-0.15, -0.1) is 0 Å². The fourth-order valence-corrected chi connectivity index (χ4v) is 1.77. The largest absolute Gasteiger partial charge is 0.398 e. The number of fused-ring (bicyclic) bond motifs is 1. The van der Waals surface area contributed by atoms with E-state index in [-0.39, 0.29) is 6.61 Å². The van der Waals surface area contributed by atoms with Crippen molar-refractivity contribution in [3.63, 3.8) is 0 Å². The highest BCUT2D eigenvalue weighted by molar-refractivity contribution is 5.91. The molecule has 1 aromatic heterocycles. The third-order valence-electron chi connectivity index (χ3n) is 2.56. The second-order valence-electron chi connectivity index (χ2n) is 3.63. The van der Waals surface area contributed by atoms with Gasteiger partial charge in [0.1, 0.15) is 0 Å². The molecule has 0 saturated carbocycles. The predicted molar refractivity (Wildman–Crippen MR) is 64.3 cm³/mol. The zero-order valence-corrected chi connectivity index (χ0v) is 9.10. The maximum absolute atomic E-state index is 8.58. The van der Waals surface area contributed by atoms with Crippen LogP contribution in [0.4, 0.5) is 5.69 Å². The van der Waals surface area contributed by atoms with Crippen molar-refractivity contribution in [2.45, 2.75) is 6.54 Å². The minimum Gasteiger partial charge on any atom is -0.398 e. The number of hydrogen-bond acceptors (Lipinski definition) is 3. The summed E-state index contributed by atoms with van der Waals surface area (Å²) in [6, 6.07) is 7.89. The second-order valence-corrected chi connectivity index (χ2v) is 3.63. The lowest BCUT2D eigenvalue weighted by molar-refractivity contribution is 0.0875. The van der Waals surface area contributed by atoms with Crippen molar-refractivity contribution in [2.24, 2.45) is 0 Å². The quantitative estimate of drug-likeness (QED) is 0.588. The van der Waals surface area contributed by atoms with E-state index in [1.165, 1.54) is 0 Å². The Hall–Kier alpha value is -1.52. The molecule has 1 aromatic carbocycles. The van der Waals surface area contributed by atoms with Gasteiger partial charge in [0.15, 0.2) is 0 Å². The standard InChI is InChI=1S/C12H16N2O2/c13-11-2-1-3-12-10(11)4-5-14(12)6-8-16-9-7-15/h1-5,15H,6-9,13H2. The van der Waals surface area contributed by atoms with Crippen molar-refractivity contribution in [1.29, 1.82) is 0 Å². The van der Waals surface area contributed by atoms with Crippen molar-refractivity contribution in [2.75, 3.05) is 25.6 Å². The molecule has 3 N–H and O–H groups in total. The predicted octanol–water partition coefficient (Wildman–Crippen LogP) is 1.23. The summed E-state index contributed by atoms with van der Waals surface area (Å²) in [4.78, 5) is 0. The van der Waals surface area contributed by atoms with Gasteiger partial charge in [0, 0.05) is 23.8 Å². The van der Waals surface area contributed by atoms with Gasteiger partial charge < -0.3 is 20.1 Å². The molecule has 0 fully saturated rings. The zero-order valence-electron chi connectivity index (χ0n) is 9.10. The summed E-state index contributed by atoms with van der Waals surface area (Å²) in [5.74, 6) is 0. The molecule has 1 heterocycles. The lowest BCUT2D eigenvalue weighted by atomic mass is 10.2. The number of ether oxygens (including phenoxy) is 1. The molecule has 0 atom stereocenters. The zero-order chi connectivity index (χ0) is 11.4. The Kier molecular flexibility index (Phi) is 3.44. The van der Waals surface area contributed by atoms with Gasteiger partial charge in [-0.2, -0.15) is 0 Å². The van der Waals surface area contributed by atoms with Gasteiger partial charge in [-0.05, 0) is 18.2 Å². The van der Waals surface area contributed by atoms with E-state index in [9.17, 15) is 0 Å². The van der Waals surface area contributed by atoms with Crippen LogP contribution in [0.3, 0.4) is 0 Å². The maximum atomic E-state index is 8.58. The first-order chi connectivity index (χ1) is 7.83. The first-order valence-electron chi connectivity index (χ1n) is 5.35. The minimum absolute atomic E-state index is 0.0688. The molecule has 0 saturated heterocycles. The van der Waals surface area contributed by atoms with Crippen LogP contribution in [0.5, 0.6) is 0 Å². The molecule has 4 heteroatoms. The first kappa shape index (κ1) is 11.0. The SMILES string of the molecule is Nc1cccc2c1ccn2CCOCCO. The van der Waals surface area contributed by atoms with Crippen molar-refractivity contribution in [1.82, 2.24) is 4.57 Å². The molecule has 0 aliphatic carbocycles. The molecule has 2 rings (SSSR count). The van der Waals surface area contributed by atoms with Crippen LogP contribution in [0.2, 0.25) is 0 Å². The Labute approximate surface area is 94.2 Å². The van der Waals surface area contributed by atoms with E-state index in [0.29, 0.717) is 13.2 Å². The maximum Gasteiger partial charge on any atom is 0.0698 e. The van der Waals surface area contributed by atoms with E-state index >= 15 is 0 Å². The van der Waals surface area contributed by atoms with Crippen LogP contribution in [0.1, 0.15) is 0 Å². The van der Waals surface area contributed by atoms with E-state index in [0.717, 1.165) is 23.1 Å². The molecule has 0 amide bonds. The van der Waals surface area contributed by atoms with Crippen LogP contribution < -0.4 is 5.73 Å². The monoisotopic (exact) mass is 220 g/mol. The summed E-state index contributed by atoms with van der Waals surface area (Å²) in [5.41, 5.74) is 7.79. The molecule has 0 unspecified atom stereocenters. The van der Waals surface area contributed by atoms with E-state index in [2.05, 4.69) is 4.57 Å². The average Bonchev–Trinajstić information content (AvgIpc) is 2.70. The van der Waals surface area contributed by atoms with Crippen LogP contribution in [0.25, 0.3) is 10.9 Å². The molecule has 0 radical (unpaired) electrons. The molecule has 0 spiro atoms. The van der Waals surface area contributed by atoms with Crippen LogP contribution >= 0.6 is 0 Å². The van der Waals surface area contributed by atoms with Crippen molar-refractivity contribution in [3.8, 4) is 0 Å². The number of aliphatic hydroxyl groups is 1. The molecule has 4 nitrogen and oxygen atoms in total. The number of nitrogen functional groups attached to an aromatic ring is 1. The summed E-state index contributed by atoms with van der Waals surface area (Å²) in [6.45, 7) is 1.83. The molecule has 86 valence electrons. The van der Waals surface area contributed by atoms with Crippen LogP contribution in [0, 0.1) is 0 Å². The second kappa shape index (κ2) is 5.01. The van der Waals surface area contributed by atoms with Gasteiger partial charge in [0.25, 0.3) is 0 Å². The van der Waals surface area contributed by atoms with Gasteiger partial charge in [-0.25, -0.2) is 0 Å². The smallest absolute Gasteiger partial charge is 0.0698 e. The first-order valence-corrected chi connectivity index (χ1v) is 5.35. The highest BCUT2D eigenvalue weighted by Crippen LogP contribution is 2.21. The summed E-state index contributed by atoms with van der Waals surface area (Å²) >= 11 is 0. The normalized spacial score (nSPS) is 11.1. The highest BCUT2D eigenvalue weighted by Gasteiger charge is 2.02. The number of aliphatic hydroxyl groups excluding tert-OH is 1. The lowest BCUT2D eigenvalue weighted by Crippen LogP contribution is -2.07. The summed E-state index contributed by atoms with van der Waals surface area (Å²) in [7, 11) is 0. The Morgan fingerprint density at radius 1 is 1.25 bits per heavy atom. The average molecular weight is 220 g/mol. The van der Waals surface area contributed by atoms with Crippen molar-refractivity contribution < 1.29 is 9.84 Å². The van der Waals surface area contributed by atoms with E-state index in [1.54, 1.807) is 0 Å². The number of benzene rings is 1. The summed E-state index contributed by atoms with van der Waals surface area (Å²) < 4.78 is 7.33. The topological polar surface area (TPSA) is 60.4 Å². The molecule has 16 heavy (non-hydrogen) atoms. The van der Waals surface area contributed by atoms with Gasteiger partial charge in [0.05, 0.1) is 25.3 Å². The van der Waals surface area contributed by atoms with Crippen molar-refractivity contribution >= 4 is 16.6 Å². The third-order valence-corrected chi connectivity index (χ3v) is 2.56. The minimum atomic E-state index is 0.0688. The van der Waals surface area contributed by atoms with Gasteiger partial charge >= 0.3 is 0 Å². The number of nitrogens with two attached hydrogens (primary N) is 1. The molecular weight excluding hydrogens is 204 g/mol. The van der Waals surface area contributed by atoms with E-state index in [1.807, 2.05) is 30.5 Å². The molecule has 0 bridgehead atoms. The molecule has 0 aliphatic rings. The highest BCUT2D eigenvalue weighted by atomic mass is 16.5. The number of hydrogen-bond donors (Lipinski definition) is 2. The summed E-state index contributed by atoms with van der Waals surface area (Å²) in [5, 5.41) is 9.66. The molecule has 0 aliphatic heterocycles. The lowest BCUT2D eigenvalue weighted by Gasteiger charge is -2.06. The molecule has 2 aromatic rings. The number of aromatic nitrogens is 1. The fourth-order valence-electron chi connectivity index (χ4n) is 1.77. The van der Waals surface area contributed by atoms with Crippen LogP contribution in [-0.4, -0.2) is 29.5 Å². The van der Waals surface area contributed by atoms with Gasteiger partial charge in [-0.3, -0.25) is 0 Å². The Morgan fingerprint density at radius 2 is 2.12 bits per heavy atom. The third kappa shape index (κ3) is 2.18. The van der Waals surface area contributed by atoms with Crippen molar-refractivity contribution in [3.05, 3.63) is 30.5 Å². The number of rotatable bonds is 5. The Bertz CT molecular complexity index is 465. The Balaban J connectivity index is 2.10. The fraction of sp³-hybridized carbons (Fsp3) is 0.333. The van der Waals surface area contributed by atoms with Crippen LogP contribution in [-0.2, 0) is 11.3 Å². The Morgan fingerprint density at radius 3 is 2.94 bits per heavy atom. The molecular formula is C12H16N2O2. The summed E-state index contributed by atoms with van der Waals surface area (Å²) in [6.07, 6.45) is 2.00. The van der Waals surface area contributed by atoms with Gasteiger partial charge in [-0.1, -0.05) is 6.07 Å². The number of anilines is 1. The van der Waals surface area contributed by atoms with Gasteiger partial charge in [0.2, 0.25) is 0 Å². The van der Waals surface area contributed by atoms with Crippen LogP contribution in [0.15, 0.2) is 30.5 Å². The number of nitrogens with zero attached hydrogens (tertiary/aromatic N) is 1.